The Hall–Kier alpha value is -2.31. The van der Waals surface area contributed by atoms with Crippen LogP contribution in [-0.4, -0.2) is 19.2 Å². The van der Waals surface area contributed by atoms with Gasteiger partial charge in [0.15, 0.2) is 0 Å². The second kappa shape index (κ2) is 8.18. The fourth-order valence-corrected chi connectivity index (χ4v) is 2.70. The molecule has 0 aliphatic carbocycles. The Labute approximate surface area is 155 Å². The molecule has 0 atom stereocenters. The van der Waals surface area contributed by atoms with Gasteiger partial charge in [-0.05, 0) is 30.3 Å². The molecule has 0 fully saturated rings. The van der Waals surface area contributed by atoms with E-state index in [0.29, 0.717) is 19.0 Å². The highest BCUT2D eigenvalue weighted by Crippen LogP contribution is 2.25. The predicted octanol–water partition coefficient (Wildman–Crippen LogP) is 4.41. The number of benzene rings is 2. The molecular weight excluding hydrogens is 384 g/mol. The van der Waals surface area contributed by atoms with Gasteiger partial charge in [0.2, 0.25) is 5.89 Å². The topological polar surface area (TPSA) is 56.5 Å². The highest BCUT2D eigenvalue weighted by atomic mass is 79.9. The summed E-state index contributed by atoms with van der Waals surface area (Å²) in [5.41, 5.74) is 2.86. The van der Waals surface area contributed by atoms with E-state index in [1.165, 1.54) is 0 Å². The van der Waals surface area contributed by atoms with E-state index in [-0.39, 0.29) is 0 Å². The third-order valence-electron chi connectivity index (χ3n) is 3.76. The van der Waals surface area contributed by atoms with Crippen molar-refractivity contribution in [1.82, 2.24) is 10.3 Å². The Morgan fingerprint density at radius 2 is 1.84 bits per heavy atom. The zero-order chi connectivity index (χ0) is 17.6. The molecular formula is C19H19BrN2O3. The van der Waals surface area contributed by atoms with Gasteiger partial charge in [-0.3, -0.25) is 0 Å². The van der Waals surface area contributed by atoms with Crippen LogP contribution in [0.5, 0.6) is 11.5 Å². The number of methoxy groups -OCH3 is 2. The Bertz CT molecular complexity index is 831. The van der Waals surface area contributed by atoms with Crippen molar-refractivity contribution in [2.24, 2.45) is 0 Å². The number of halogens is 1. The SMILES string of the molecule is COc1ccc(CNCc2coc(-c3ccc(Br)cc3)n2)c(OC)c1. The monoisotopic (exact) mass is 402 g/mol. The summed E-state index contributed by atoms with van der Waals surface area (Å²) in [5.74, 6) is 2.19. The maximum atomic E-state index is 5.56. The molecule has 0 unspecified atom stereocenters. The quantitative estimate of drug-likeness (QED) is 0.633. The lowest BCUT2D eigenvalue weighted by atomic mass is 10.2. The van der Waals surface area contributed by atoms with Crippen molar-refractivity contribution in [3.63, 3.8) is 0 Å². The number of nitrogens with zero attached hydrogens (tertiary/aromatic N) is 1. The third-order valence-corrected chi connectivity index (χ3v) is 4.29. The van der Waals surface area contributed by atoms with Crippen molar-refractivity contribution in [3.8, 4) is 23.0 Å². The van der Waals surface area contributed by atoms with Crippen molar-refractivity contribution >= 4 is 15.9 Å². The summed E-state index contributed by atoms with van der Waals surface area (Å²) in [6.45, 7) is 1.27. The molecule has 25 heavy (non-hydrogen) atoms. The van der Waals surface area contributed by atoms with E-state index in [1.807, 2.05) is 42.5 Å². The lowest BCUT2D eigenvalue weighted by molar-refractivity contribution is 0.389. The van der Waals surface area contributed by atoms with Gasteiger partial charge in [-0.2, -0.15) is 0 Å². The standard InChI is InChI=1S/C19H19BrN2O3/c1-23-17-8-5-14(18(9-17)24-2)10-21-11-16-12-25-19(22-16)13-3-6-15(20)7-4-13/h3-9,12,21H,10-11H2,1-2H3. The first-order valence-electron chi connectivity index (χ1n) is 7.81. The molecule has 130 valence electrons. The van der Waals surface area contributed by atoms with E-state index >= 15 is 0 Å². The van der Waals surface area contributed by atoms with Gasteiger partial charge >= 0.3 is 0 Å². The molecule has 1 N–H and O–H groups in total. The molecule has 3 aromatic rings. The molecule has 0 saturated heterocycles. The van der Waals surface area contributed by atoms with E-state index in [0.717, 1.165) is 32.8 Å². The minimum absolute atomic E-state index is 0.606. The van der Waals surface area contributed by atoms with Gasteiger partial charge in [-0.1, -0.05) is 22.0 Å². The summed E-state index contributed by atoms with van der Waals surface area (Å²) >= 11 is 3.42. The van der Waals surface area contributed by atoms with Crippen molar-refractivity contribution in [3.05, 3.63) is 64.5 Å². The van der Waals surface area contributed by atoms with Crippen LogP contribution in [0.2, 0.25) is 0 Å². The molecule has 0 radical (unpaired) electrons. The summed E-state index contributed by atoms with van der Waals surface area (Å²) in [4.78, 5) is 4.52. The van der Waals surface area contributed by atoms with Crippen molar-refractivity contribution in [2.45, 2.75) is 13.1 Å². The summed E-state index contributed by atoms with van der Waals surface area (Å²) in [6, 6.07) is 13.6. The van der Waals surface area contributed by atoms with E-state index in [4.69, 9.17) is 13.9 Å². The predicted molar refractivity (Wildman–Crippen MR) is 99.7 cm³/mol. The van der Waals surface area contributed by atoms with Crippen LogP contribution in [0.1, 0.15) is 11.3 Å². The summed E-state index contributed by atoms with van der Waals surface area (Å²) < 4.78 is 17.2. The Morgan fingerprint density at radius 1 is 1.04 bits per heavy atom. The Morgan fingerprint density at radius 3 is 2.56 bits per heavy atom. The van der Waals surface area contributed by atoms with E-state index in [2.05, 4.69) is 26.2 Å². The zero-order valence-electron chi connectivity index (χ0n) is 14.1. The molecule has 0 saturated carbocycles. The number of ether oxygens (including phenoxy) is 2. The van der Waals surface area contributed by atoms with Crippen LogP contribution in [0.3, 0.4) is 0 Å². The van der Waals surface area contributed by atoms with Gasteiger partial charge in [-0.25, -0.2) is 4.98 Å². The van der Waals surface area contributed by atoms with Gasteiger partial charge < -0.3 is 19.2 Å². The summed E-state index contributed by atoms with van der Waals surface area (Å²) in [5, 5.41) is 3.35. The molecule has 2 aromatic carbocycles. The van der Waals surface area contributed by atoms with Crippen LogP contribution in [0.25, 0.3) is 11.5 Å². The molecule has 6 heteroatoms. The average Bonchev–Trinajstić information content (AvgIpc) is 3.11. The van der Waals surface area contributed by atoms with Gasteiger partial charge in [-0.15, -0.1) is 0 Å². The molecule has 0 aliphatic rings. The number of rotatable bonds is 7. The van der Waals surface area contributed by atoms with Crippen molar-refractivity contribution in [1.29, 1.82) is 0 Å². The fourth-order valence-electron chi connectivity index (χ4n) is 2.44. The second-order valence-corrected chi connectivity index (χ2v) is 6.35. The molecule has 1 heterocycles. The molecule has 0 amide bonds. The number of hydrogen-bond acceptors (Lipinski definition) is 5. The highest BCUT2D eigenvalue weighted by Gasteiger charge is 2.08. The van der Waals surface area contributed by atoms with E-state index in [9.17, 15) is 0 Å². The average molecular weight is 403 g/mol. The van der Waals surface area contributed by atoms with Crippen LogP contribution in [-0.2, 0) is 13.1 Å². The van der Waals surface area contributed by atoms with Crippen molar-refractivity contribution < 1.29 is 13.9 Å². The normalized spacial score (nSPS) is 10.7. The largest absolute Gasteiger partial charge is 0.497 e. The summed E-state index contributed by atoms with van der Waals surface area (Å²) in [6.07, 6.45) is 1.68. The van der Waals surface area contributed by atoms with Gasteiger partial charge in [0, 0.05) is 34.8 Å². The minimum atomic E-state index is 0.606. The van der Waals surface area contributed by atoms with Crippen LogP contribution in [0.4, 0.5) is 0 Å². The summed E-state index contributed by atoms with van der Waals surface area (Å²) in [7, 11) is 3.29. The lowest BCUT2D eigenvalue weighted by Crippen LogP contribution is -2.13. The maximum Gasteiger partial charge on any atom is 0.226 e. The number of hydrogen-bond donors (Lipinski definition) is 1. The molecule has 5 nitrogen and oxygen atoms in total. The maximum absolute atomic E-state index is 5.56. The number of aromatic nitrogens is 1. The number of nitrogens with one attached hydrogen (secondary N) is 1. The van der Waals surface area contributed by atoms with Crippen LogP contribution < -0.4 is 14.8 Å². The smallest absolute Gasteiger partial charge is 0.226 e. The van der Waals surface area contributed by atoms with Crippen LogP contribution in [0, 0.1) is 0 Å². The molecule has 0 bridgehead atoms. The lowest BCUT2D eigenvalue weighted by Gasteiger charge is -2.10. The first-order chi connectivity index (χ1) is 12.2. The molecule has 1 aromatic heterocycles. The van der Waals surface area contributed by atoms with E-state index < -0.39 is 0 Å². The highest BCUT2D eigenvalue weighted by molar-refractivity contribution is 9.10. The van der Waals surface area contributed by atoms with Gasteiger partial charge in [0.1, 0.15) is 17.8 Å². The van der Waals surface area contributed by atoms with Gasteiger partial charge in [0.05, 0.1) is 19.9 Å². The zero-order valence-corrected chi connectivity index (χ0v) is 15.7. The third kappa shape index (κ3) is 4.41. The Kier molecular flexibility index (Phi) is 5.73. The molecule has 3 rings (SSSR count). The molecule has 0 aliphatic heterocycles. The van der Waals surface area contributed by atoms with E-state index in [1.54, 1.807) is 20.5 Å². The van der Waals surface area contributed by atoms with Crippen LogP contribution >= 0.6 is 15.9 Å². The van der Waals surface area contributed by atoms with Crippen LogP contribution in [0.15, 0.2) is 57.6 Å². The van der Waals surface area contributed by atoms with Crippen molar-refractivity contribution in [2.75, 3.05) is 14.2 Å². The fraction of sp³-hybridized carbons (Fsp3) is 0.211. The second-order valence-electron chi connectivity index (χ2n) is 5.43. The molecule has 0 spiro atoms. The minimum Gasteiger partial charge on any atom is -0.497 e. The first kappa shape index (κ1) is 17.5. The first-order valence-corrected chi connectivity index (χ1v) is 8.61. The Balaban J connectivity index is 1.60. The number of oxazole rings is 1. The van der Waals surface area contributed by atoms with Gasteiger partial charge in [0.25, 0.3) is 0 Å².